The zero-order chi connectivity index (χ0) is 13.5. The summed E-state index contributed by atoms with van der Waals surface area (Å²) < 4.78 is 6.89. The fourth-order valence-electron chi connectivity index (χ4n) is 1.50. The summed E-state index contributed by atoms with van der Waals surface area (Å²) in [6, 6.07) is 3.19. The van der Waals surface area contributed by atoms with Gasteiger partial charge in [0.05, 0.1) is 12.6 Å². The molecule has 0 fully saturated rings. The Morgan fingerprint density at radius 3 is 3.16 bits per heavy atom. The fourth-order valence-corrected chi connectivity index (χ4v) is 1.50. The van der Waals surface area contributed by atoms with Crippen LogP contribution in [0.1, 0.15) is 17.0 Å². The Balaban J connectivity index is 1.72. The van der Waals surface area contributed by atoms with Gasteiger partial charge >= 0.3 is 0 Å². The predicted molar refractivity (Wildman–Crippen MR) is 69.5 cm³/mol. The first kappa shape index (κ1) is 12.9. The number of aryl methyl sites for hydroxylation is 1. The number of hydrogen-bond donors (Lipinski definition) is 2. The molecule has 3 N–H and O–H groups in total. The summed E-state index contributed by atoms with van der Waals surface area (Å²) in [5.74, 6) is -0.107. The van der Waals surface area contributed by atoms with Gasteiger partial charge in [0.15, 0.2) is 11.7 Å². The van der Waals surface area contributed by atoms with Crippen molar-refractivity contribution in [2.45, 2.75) is 13.0 Å². The van der Waals surface area contributed by atoms with Crippen molar-refractivity contribution < 1.29 is 9.21 Å². The second kappa shape index (κ2) is 6.39. The van der Waals surface area contributed by atoms with Crippen LogP contribution in [-0.4, -0.2) is 28.0 Å². The number of aliphatic imine (C=N–C) groups is 1. The molecule has 0 aromatic carbocycles. The summed E-state index contributed by atoms with van der Waals surface area (Å²) >= 11 is 0. The Bertz CT molecular complexity index is 530. The highest BCUT2D eigenvalue weighted by atomic mass is 16.3. The number of aromatic nitrogens is 2. The van der Waals surface area contributed by atoms with E-state index in [1.807, 2.05) is 10.8 Å². The minimum absolute atomic E-state index is 0.0898. The second-order valence-corrected chi connectivity index (χ2v) is 3.85. The number of nitrogens with two attached hydrogens (primary N) is 1. The summed E-state index contributed by atoms with van der Waals surface area (Å²) in [5.41, 5.74) is 5.60. The van der Waals surface area contributed by atoms with Gasteiger partial charge < -0.3 is 14.7 Å². The Kier molecular flexibility index (Phi) is 4.33. The predicted octanol–water partition coefficient (Wildman–Crippen LogP) is 0.611. The maximum atomic E-state index is 11.6. The summed E-state index contributed by atoms with van der Waals surface area (Å²) in [6.45, 7) is 1.34. The normalized spacial score (nSPS) is 11.5. The minimum atomic E-state index is -0.402. The van der Waals surface area contributed by atoms with Gasteiger partial charge in [-0.1, -0.05) is 0 Å². The number of hydrogen-bond acceptors (Lipinski definition) is 4. The molecule has 0 spiro atoms. The van der Waals surface area contributed by atoms with Gasteiger partial charge in [0.2, 0.25) is 0 Å². The molecule has 0 aliphatic rings. The third-order valence-corrected chi connectivity index (χ3v) is 2.40. The fraction of sp³-hybridized carbons (Fsp3) is 0.250. The standard InChI is InChI=1S/C12H15N5O2/c13-12(16-11(18)10-3-1-8-19-10)15-4-2-6-17-7-5-14-9-17/h1,3,5,7-9H,2,4,6H2,(H3,13,15,16,18). The molecule has 0 unspecified atom stereocenters. The number of imidazole rings is 1. The third kappa shape index (κ3) is 3.98. The van der Waals surface area contributed by atoms with Crippen LogP contribution in [0.5, 0.6) is 0 Å². The van der Waals surface area contributed by atoms with Crippen LogP contribution in [-0.2, 0) is 6.54 Å². The quantitative estimate of drug-likeness (QED) is 0.468. The largest absolute Gasteiger partial charge is 0.459 e. The number of carbonyl (C=O) groups is 1. The molecule has 2 aromatic rings. The van der Waals surface area contributed by atoms with Crippen molar-refractivity contribution in [2.75, 3.05) is 6.54 Å². The molecule has 7 heteroatoms. The van der Waals surface area contributed by atoms with Crippen LogP contribution in [0.4, 0.5) is 0 Å². The van der Waals surface area contributed by atoms with E-state index in [9.17, 15) is 4.79 Å². The minimum Gasteiger partial charge on any atom is -0.459 e. The van der Waals surface area contributed by atoms with Crippen molar-refractivity contribution in [1.29, 1.82) is 0 Å². The Hall–Kier alpha value is -2.57. The van der Waals surface area contributed by atoms with Crippen molar-refractivity contribution >= 4 is 11.9 Å². The van der Waals surface area contributed by atoms with Gasteiger partial charge in [0, 0.05) is 25.5 Å². The molecule has 0 atom stereocenters. The van der Waals surface area contributed by atoms with E-state index in [1.165, 1.54) is 6.26 Å². The number of rotatable bonds is 5. The monoisotopic (exact) mass is 261 g/mol. The van der Waals surface area contributed by atoms with Gasteiger partial charge in [-0.2, -0.15) is 0 Å². The van der Waals surface area contributed by atoms with Crippen LogP contribution < -0.4 is 11.1 Å². The molecule has 2 rings (SSSR count). The Labute approximate surface area is 110 Å². The molecule has 2 aromatic heterocycles. The van der Waals surface area contributed by atoms with Gasteiger partial charge in [-0.05, 0) is 18.6 Å². The van der Waals surface area contributed by atoms with Crippen molar-refractivity contribution in [2.24, 2.45) is 10.7 Å². The van der Waals surface area contributed by atoms with Gasteiger partial charge in [0.25, 0.3) is 5.91 Å². The lowest BCUT2D eigenvalue weighted by molar-refractivity contribution is 0.0949. The topological polar surface area (TPSA) is 98.4 Å². The van der Waals surface area contributed by atoms with Crippen LogP contribution in [0, 0.1) is 0 Å². The lowest BCUT2D eigenvalue weighted by Gasteiger charge is -2.03. The van der Waals surface area contributed by atoms with E-state index in [1.54, 1.807) is 24.7 Å². The second-order valence-electron chi connectivity index (χ2n) is 3.85. The molecule has 0 aliphatic heterocycles. The molecule has 1 amide bonds. The molecule has 19 heavy (non-hydrogen) atoms. The molecular formula is C12H15N5O2. The maximum Gasteiger partial charge on any atom is 0.293 e. The van der Waals surface area contributed by atoms with E-state index in [-0.39, 0.29) is 11.7 Å². The van der Waals surface area contributed by atoms with E-state index < -0.39 is 5.91 Å². The Morgan fingerprint density at radius 2 is 2.47 bits per heavy atom. The molecule has 0 saturated carbocycles. The number of nitrogens with one attached hydrogen (secondary N) is 1. The van der Waals surface area contributed by atoms with Gasteiger partial charge in [-0.15, -0.1) is 0 Å². The maximum absolute atomic E-state index is 11.6. The van der Waals surface area contributed by atoms with Crippen LogP contribution >= 0.6 is 0 Å². The highest BCUT2D eigenvalue weighted by Gasteiger charge is 2.08. The summed E-state index contributed by atoms with van der Waals surface area (Å²) in [5, 5.41) is 2.45. The zero-order valence-electron chi connectivity index (χ0n) is 10.3. The molecule has 100 valence electrons. The summed E-state index contributed by atoms with van der Waals surface area (Å²) in [4.78, 5) is 19.6. The molecular weight excluding hydrogens is 246 g/mol. The molecule has 0 saturated heterocycles. The average Bonchev–Trinajstić information content (AvgIpc) is 3.07. The van der Waals surface area contributed by atoms with E-state index in [4.69, 9.17) is 10.2 Å². The van der Waals surface area contributed by atoms with Crippen LogP contribution in [0.2, 0.25) is 0 Å². The van der Waals surface area contributed by atoms with Gasteiger partial charge in [-0.3, -0.25) is 15.1 Å². The number of amides is 1. The summed E-state index contributed by atoms with van der Waals surface area (Å²) in [7, 11) is 0. The molecule has 0 bridgehead atoms. The van der Waals surface area contributed by atoms with E-state index in [0.29, 0.717) is 6.54 Å². The SMILES string of the molecule is NC(=NCCCn1ccnc1)NC(=O)c1ccco1. The van der Waals surface area contributed by atoms with Crippen LogP contribution in [0.25, 0.3) is 0 Å². The van der Waals surface area contributed by atoms with Gasteiger partial charge in [-0.25, -0.2) is 4.98 Å². The van der Waals surface area contributed by atoms with E-state index in [2.05, 4.69) is 15.3 Å². The van der Waals surface area contributed by atoms with Crippen molar-refractivity contribution in [1.82, 2.24) is 14.9 Å². The van der Waals surface area contributed by atoms with Crippen molar-refractivity contribution in [3.63, 3.8) is 0 Å². The molecule has 7 nitrogen and oxygen atoms in total. The highest BCUT2D eigenvalue weighted by molar-refractivity contribution is 6.03. The van der Waals surface area contributed by atoms with Gasteiger partial charge in [0.1, 0.15) is 0 Å². The van der Waals surface area contributed by atoms with Crippen LogP contribution in [0.3, 0.4) is 0 Å². The third-order valence-electron chi connectivity index (χ3n) is 2.40. The zero-order valence-corrected chi connectivity index (χ0v) is 10.3. The molecule has 0 aliphatic carbocycles. The lowest BCUT2D eigenvalue weighted by Crippen LogP contribution is -2.36. The summed E-state index contributed by atoms with van der Waals surface area (Å²) in [6.07, 6.45) is 7.58. The number of furan rings is 1. The van der Waals surface area contributed by atoms with Crippen molar-refractivity contribution in [3.8, 4) is 0 Å². The average molecular weight is 261 g/mol. The Morgan fingerprint density at radius 1 is 1.58 bits per heavy atom. The highest BCUT2D eigenvalue weighted by Crippen LogP contribution is 1.98. The number of carbonyl (C=O) groups excluding carboxylic acids is 1. The number of nitrogens with zero attached hydrogens (tertiary/aromatic N) is 3. The number of guanidine groups is 1. The van der Waals surface area contributed by atoms with Crippen LogP contribution in [0.15, 0.2) is 46.5 Å². The first-order chi connectivity index (χ1) is 9.25. The van der Waals surface area contributed by atoms with E-state index in [0.717, 1.165) is 13.0 Å². The molecule has 2 heterocycles. The first-order valence-electron chi connectivity index (χ1n) is 5.86. The van der Waals surface area contributed by atoms with Crippen molar-refractivity contribution in [3.05, 3.63) is 42.9 Å². The first-order valence-corrected chi connectivity index (χ1v) is 5.86. The molecule has 0 radical (unpaired) electrons. The van der Waals surface area contributed by atoms with E-state index >= 15 is 0 Å². The smallest absolute Gasteiger partial charge is 0.293 e. The lowest BCUT2D eigenvalue weighted by atomic mass is 10.4.